The van der Waals surface area contributed by atoms with Crippen LogP contribution in [0.4, 0.5) is 0 Å². The van der Waals surface area contributed by atoms with Gasteiger partial charge < -0.3 is 15.2 Å². The zero-order valence-corrected chi connectivity index (χ0v) is 10.7. The summed E-state index contributed by atoms with van der Waals surface area (Å²) in [5.74, 6) is 0.904. The second-order valence-corrected chi connectivity index (χ2v) is 4.96. The van der Waals surface area contributed by atoms with Gasteiger partial charge in [0, 0.05) is 25.2 Å². The fraction of sp³-hybridized carbons (Fsp3) is 0.750. The summed E-state index contributed by atoms with van der Waals surface area (Å²) >= 11 is 0. The Hall–Kier alpha value is -0.910. The predicted octanol–water partition coefficient (Wildman–Crippen LogP) is 0.659. The molecule has 1 fully saturated rings. The van der Waals surface area contributed by atoms with Crippen LogP contribution in [0.25, 0.3) is 0 Å². The summed E-state index contributed by atoms with van der Waals surface area (Å²) in [7, 11) is 4.33. The van der Waals surface area contributed by atoms with Crippen LogP contribution in [0.3, 0.4) is 0 Å². The van der Waals surface area contributed by atoms with Crippen molar-refractivity contribution in [1.82, 2.24) is 15.0 Å². The standard InChI is InChI=1S/C12H22N4O/c1-15-5-3-4-11(8-15)16(2)9-12-6-10(7-13)14-17-12/h6,11H,3-5,7-9,13H2,1-2H3. The van der Waals surface area contributed by atoms with Gasteiger partial charge in [0.05, 0.1) is 12.2 Å². The van der Waals surface area contributed by atoms with E-state index >= 15 is 0 Å². The minimum Gasteiger partial charge on any atom is -0.360 e. The third-order valence-electron chi connectivity index (χ3n) is 3.45. The van der Waals surface area contributed by atoms with Crippen molar-refractivity contribution in [2.75, 3.05) is 27.2 Å². The molecule has 1 atom stereocenters. The van der Waals surface area contributed by atoms with E-state index in [4.69, 9.17) is 10.3 Å². The first-order chi connectivity index (χ1) is 8.19. The van der Waals surface area contributed by atoms with E-state index < -0.39 is 0 Å². The third-order valence-corrected chi connectivity index (χ3v) is 3.45. The quantitative estimate of drug-likeness (QED) is 0.835. The van der Waals surface area contributed by atoms with Crippen LogP contribution in [0.1, 0.15) is 24.3 Å². The van der Waals surface area contributed by atoms with Crippen LogP contribution in [-0.4, -0.2) is 48.2 Å². The summed E-state index contributed by atoms with van der Waals surface area (Å²) in [6, 6.07) is 2.56. The maximum absolute atomic E-state index is 5.51. The molecule has 1 aliphatic heterocycles. The van der Waals surface area contributed by atoms with Gasteiger partial charge in [0.1, 0.15) is 0 Å². The van der Waals surface area contributed by atoms with E-state index in [9.17, 15) is 0 Å². The Labute approximate surface area is 103 Å². The van der Waals surface area contributed by atoms with E-state index in [1.165, 1.54) is 19.4 Å². The number of likely N-dealkylation sites (N-methyl/N-ethyl adjacent to an activating group) is 2. The highest BCUT2D eigenvalue weighted by atomic mass is 16.5. The summed E-state index contributed by atoms with van der Waals surface area (Å²) < 4.78 is 5.26. The third kappa shape index (κ3) is 3.28. The van der Waals surface area contributed by atoms with E-state index in [2.05, 4.69) is 29.1 Å². The normalized spacial score (nSPS) is 22.2. The van der Waals surface area contributed by atoms with Crippen LogP contribution in [-0.2, 0) is 13.1 Å². The number of nitrogens with two attached hydrogens (primary N) is 1. The highest BCUT2D eigenvalue weighted by Crippen LogP contribution is 2.16. The van der Waals surface area contributed by atoms with Crippen LogP contribution < -0.4 is 5.73 Å². The molecule has 1 unspecified atom stereocenters. The lowest BCUT2D eigenvalue weighted by Gasteiger charge is -2.35. The fourth-order valence-corrected chi connectivity index (χ4v) is 2.40. The number of piperidine rings is 1. The van der Waals surface area contributed by atoms with Crippen LogP contribution in [0.2, 0.25) is 0 Å². The lowest BCUT2D eigenvalue weighted by atomic mass is 10.1. The molecule has 0 aromatic carbocycles. The van der Waals surface area contributed by atoms with Gasteiger partial charge in [-0.05, 0) is 33.5 Å². The van der Waals surface area contributed by atoms with Gasteiger partial charge in [-0.1, -0.05) is 5.16 Å². The van der Waals surface area contributed by atoms with Crippen LogP contribution in [0.15, 0.2) is 10.6 Å². The molecule has 2 N–H and O–H groups in total. The number of likely N-dealkylation sites (tertiary alicyclic amines) is 1. The van der Waals surface area contributed by atoms with Gasteiger partial charge in [-0.3, -0.25) is 4.90 Å². The molecule has 0 radical (unpaired) electrons. The molecule has 5 nitrogen and oxygen atoms in total. The van der Waals surface area contributed by atoms with E-state index in [0.29, 0.717) is 12.6 Å². The van der Waals surface area contributed by atoms with Crippen LogP contribution in [0, 0.1) is 0 Å². The monoisotopic (exact) mass is 238 g/mol. The molecule has 17 heavy (non-hydrogen) atoms. The van der Waals surface area contributed by atoms with Gasteiger partial charge in [0.25, 0.3) is 0 Å². The Balaban J connectivity index is 1.89. The van der Waals surface area contributed by atoms with Crippen molar-refractivity contribution in [2.24, 2.45) is 5.73 Å². The Morgan fingerprint density at radius 3 is 3.12 bits per heavy atom. The van der Waals surface area contributed by atoms with Gasteiger partial charge >= 0.3 is 0 Å². The Bertz CT molecular complexity index is 352. The summed E-state index contributed by atoms with van der Waals surface area (Å²) in [5, 5.41) is 3.91. The summed E-state index contributed by atoms with van der Waals surface area (Å²) in [5.41, 5.74) is 6.34. The number of aromatic nitrogens is 1. The van der Waals surface area contributed by atoms with Crippen molar-refractivity contribution in [3.8, 4) is 0 Å². The maximum atomic E-state index is 5.51. The van der Waals surface area contributed by atoms with Crippen molar-refractivity contribution in [1.29, 1.82) is 0 Å². The number of nitrogens with zero attached hydrogens (tertiary/aromatic N) is 3. The Morgan fingerprint density at radius 1 is 1.65 bits per heavy atom. The predicted molar refractivity (Wildman–Crippen MR) is 66.4 cm³/mol. The Morgan fingerprint density at radius 2 is 2.47 bits per heavy atom. The molecule has 2 heterocycles. The minimum atomic E-state index is 0.444. The Kier molecular flexibility index (Phi) is 4.15. The average Bonchev–Trinajstić information content (AvgIpc) is 2.77. The van der Waals surface area contributed by atoms with Gasteiger partial charge in [-0.25, -0.2) is 0 Å². The zero-order chi connectivity index (χ0) is 12.3. The van der Waals surface area contributed by atoms with Crippen molar-refractivity contribution >= 4 is 0 Å². The molecular formula is C12H22N4O. The minimum absolute atomic E-state index is 0.444. The first kappa shape index (κ1) is 12.5. The highest BCUT2D eigenvalue weighted by Gasteiger charge is 2.21. The largest absolute Gasteiger partial charge is 0.360 e. The molecule has 1 saturated heterocycles. The number of rotatable bonds is 4. The fourth-order valence-electron chi connectivity index (χ4n) is 2.40. The van der Waals surface area contributed by atoms with Gasteiger partial charge in [0.2, 0.25) is 0 Å². The molecule has 5 heteroatoms. The van der Waals surface area contributed by atoms with Gasteiger partial charge in [-0.2, -0.15) is 0 Å². The van der Waals surface area contributed by atoms with Crippen molar-refractivity contribution in [2.45, 2.75) is 32.0 Å². The molecule has 1 aromatic heterocycles. The average molecular weight is 238 g/mol. The first-order valence-corrected chi connectivity index (χ1v) is 6.22. The molecule has 0 amide bonds. The van der Waals surface area contributed by atoms with Crippen molar-refractivity contribution in [3.05, 3.63) is 17.5 Å². The van der Waals surface area contributed by atoms with Crippen molar-refractivity contribution < 1.29 is 4.52 Å². The molecular weight excluding hydrogens is 216 g/mol. The highest BCUT2D eigenvalue weighted by molar-refractivity contribution is 5.04. The summed E-state index contributed by atoms with van der Waals surface area (Å²) in [6.45, 7) is 3.60. The molecule has 0 spiro atoms. The lowest BCUT2D eigenvalue weighted by Crippen LogP contribution is -2.44. The molecule has 2 rings (SSSR count). The molecule has 0 aliphatic carbocycles. The molecule has 0 saturated carbocycles. The topological polar surface area (TPSA) is 58.5 Å². The molecule has 0 bridgehead atoms. The maximum Gasteiger partial charge on any atom is 0.151 e. The zero-order valence-electron chi connectivity index (χ0n) is 10.7. The summed E-state index contributed by atoms with van der Waals surface area (Å²) in [6.07, 6.45) is 2.54. The van der Waals surface area contributed by atoms with Crippen molar-refractivity contribution in [3.63, 3.8) is 0 Å². The molecule has 1 aliphatic rings. The number of hydrogen-bond donors (Lipinski definition) is 1. The second-order valence-electron chi connectivity index (χ2n) is 4.96. The van der Waals surface area contributed by atoms with Crippen LogP contribution in [0.5, 0.6) is 0 Å². The smallest absolute Gasteiger partial charge is 0.151 e. The van der Waals surface area contributed by atoms with E-state index in [0.717, 1.165) is 24.5 Å². The van der Waals surface area contributed by atoms with E-state index in [1.54, 1.807) is 0 Å². The second kappa shape index (κ2) is 5.62. The molecule has 1 aromatic rings. The molecule has 96 valence electrons. The van der Waals surface area contributed by atoms with E-state index in [-0.39, 0.29) is 0 Å². The van der Waals surface area contributed by atoms with E-state index in [1.807, 2.05) is 6.07 Å². The lowest BCUT2D eigenvalue weighted by molar-refractivity contribution is 0.121. The number of hydrogen-bond acceptors (Lipinski definition) is 5. The van der Waals surface area contributed by atoms with Gasteiger partial charge in [0.15, 0.2) is 5.76 Å². The van der Waals surface area contributed by atoms with Crippen LogP contribution >= 0.6 is 0 Å². The SMILES string of the molecule is CN1CCCC(N(C)Cc2cc(CN)no2)C1. The van der Waals surface area contributed by atoms with Gasteiger partial charge in [-0.15, -0.1) is 0 Å². The summed E-state index contributed by atoms with van der Waals surface area (Å²) in [4.78, 5) is 4.73. The first-order valence-electron chi connectivity index (χ1n) is 6.22.